The monoisotopic (exact) mass is 452 g/mol. The van der Waals surface area contributed by atoms with Crippen LogP contribution in [0.1, 0.15) is 35.4 Å². The minimum atomic E-state index is -0.0185. The van der Waals surface area contributed by atoms with Crippen LogP contribution in [0, 0.1) is 25.2 Å². The smallest absolute Gasteiger partial charge is 0.220 e. The quantitative estimate of drug-likeness (QED) is 0.405. The largest absolute Gasteiger partial charge is 0.352 e. The number of carbonyl (C=O) groups excluding carboxylic acids is 1. The normalized spacial score (nSPS) is 10.7. The zero-order valence-corrected chi connectivity index (χ0v) is 19.5. The van der Waals surface area contributed by atoms with Gasteiger partial charge in [0.25, 0.3) is 0 Å². The first-order valence-electron chi connectivity index (χ1n) is 11.4. The molecule has 0 bridgehead atoms. The van der Waals surface area contributed by atoms with Gasteiger partial charge in [0, 0.05) is 36.0 Å². The highest BCUT2D eigenvalue weighted by atomic mass is 16.1. The molecule has 0 radical (unpaired) electrons. The van der Waals surface area contributed by atoms with Gasteiger partial charge in [-0.15, -0.1) is 0 Å². The first kappa shape index (κ1) is 23.0. The minimum Gasteiger partial charge on any atom is -0.352 e. The SMILES string of the molecule is Cc1nn(CCC#N)c(C)c1CCC(=O)NCc1cn(-c2ccccc2)nc1-c1ccccc1. The molecule has 0 saturated heterocycles. The maximum Gasteiger partial charge on any atom is 0.220 e. The summed E-state index contributed by atoms with van der Waals surface area (Å²) in [4.78, 5) is 12.7. The average Bonchev–Trinajstić information content (AvgIpc) is 3.41. The molecule has 7 heteroatoms. The Bertz CT molecular complexity index is 1300. The van der Waals surface area contributed by atoms with E-state index in [1.807, 2.05) is 90.1 Å². The molecule has 0 saturated carbocycles. The number of carbonyl (C=O) groups is 1. The van der Waals surface area contributed by atoms with E-state index in [0.29, 0.717) is 32.4 Å². The van der Waals surface area contributed by atoms with E-state index in [2.05, 4.69) is 16.5 Å². The molecule has 0 fully saturated rings. The molecule has 4 rings (SSSR count). The zero-order chi connectivity index (χ0) is 23.9. The summed E-state index contributed by atoms with van der Waals surface area (Å²) < 4.78 is 3.71. The number of benzene rings is 2. The molecule has 172 valence electrons. The molecule has 0 atom stereocenters. The lowest BCUT2D eigenvalue weighted by Crippen LogP contribution is -2.23. The van der Waals surface area contributed by atoms with Crippen LogP contribution in [0.15, 0.2) is 66.9 Å². The summed E-state index contributed by atoms with van der Waals surface area (Å²) >= 11 is 0. The van der Waals surface area contributed by atoms with E-state index in [1.165, 1.54) is 0 Å². The summed E-state index contributed by atoms with van der Waals surface area (Å²) in [5.74, 6) is -0.0185. The summed E-state index contributed by atoms with van der Waals surface area (Å²) in [5, 5.41) is 21.2. The molecule has 2 aromatic heterocycles. The van der Waals surface area contributed by atoms with Crippen LogP contribution in [-0.2, 0) is 24.3 Å². The molecular formula is C27H28N6O. The lowest BCUT2D eigenvalue weighted by molar-refractivity contribution is -0.121. The Morgan fingerprint density at radius 1 is 1.03 bits per heavy atom. The van der Waals surface area contributed by atoms with Gasteiger partial charge in [0.05, 0.1) is 36.1 Å². The van der Waals surface area contributed by atoms with Crippen molar-refractivity contribution < 1.29 is 4.79 Å². The van der Waals surface area contributed by atoms with Gasteiger partial charge in [-0.05, 0) is 38.0 Å². The standard InChI is InChI=1S/C27H28N6O/c1-20-25(21(2)32(30-20)17-9-16-28)14-15-26(34)29-18-23-19-33(24-12-7-4-8-13-24)31-27(23)22-10-5-3-6-11-22/h3-8,10-13,19H,9,14-15,17-18H2,1-2H3,(H,29,34). The van der Waals surface area contributed by atoms with Gasteiger partial charge in [-0.2, -0.15) is 15.5 Å². The summed E-state index contributed by atoms with van der Waals surface area (Å²) in [6.45, 7) is 4.92. The fraction of sp³-hybridized carbons (Fsp3) is 0.259. The molecule has 2 heterocycles. The maximum absolute atomic E-state index is 12.7. The first-order chi connectivity index (χ1) is 16.6. The van der Waals surface area contributed by atoms with Crippen LogP contribution in [0.3, 0.4) is 0 Å². The third-order valence-corrected chi connectivity index (χ3v) is 5.90. The predicted octanol–water partition coefficient (Wildman–Crippen LogP) is 4.52. The number of hydrogen-bond acceptors (Lipinski definition) is 4. The number of nitrogens with one attached hydrogen (secondary N) is 1. The van der Waals surface area contributed by atoms with Crippen LogP contribution in [0.5, 0.6) is 0 Å². The Morgan fingerprint density at radius 3 is 2.44 bits per heavy atom. The molecule has 1 amide bonds. The van der Waals surface area contributed by atoms with E-state index in [4.69, 9.17) is 10.4 Å². The van der Waals surface area contributed by atoms with Gasteiger partial charge in [-0.25, -0.2) is 4.68 Å². The Labute approximate surface area is 199 Å². The molecule has 4 aromatic rings. The van der Waals surface area contributed by atoms with Gasteiger partial charge in [-0.1, -0.05) is 48.5 Å². The average molecular weight is 453 g/mol. The van der Waals surface area contributed by atoms with Gasteiger partial charge in [0.2, 0.25) is 5.91 Å². The van der Waals surface area contributed by atoms with Crippen LogP contribution in [0.2, 0.25) is 0 Å². The van der Waals surface area contributed by atoms with E-state index in [1.54, 1.807) is 0 Å². The second kappa shape index (κ2) is 10.6. The summed E-state index contributed by atoms with van der Waals surface area (Å²) in [5.41, 5.74) is 6.81. The number of para-hydroxylation sites is 1. The molecular weight excluding hydrogens is 424 g/mol. The van der Waals surface area contributed by atoms with Gasteiger partial charge < -0.3 is 5.32 Å². The molecule has 1 N–H and O–H groups in total. The van der Waals surface area contributed by atoms with Gasteiger partial charge >= 0.3 is 0 Å². The van der Waals surface area contributed by atoms with Crippen molar-refractivity contribution >= 4 is 5.91 Å². The summed E-state index contributed by atoms with van der Waals surface area (Å²) in [7, 11) is 0. The highest BCUT2D eigenvalue weighted by Gasteiger charge is 2.15. The molecule has 0 aliphatic rings. The van der Waals surface area contributed by atoms with E-state index < -0.39 is 0 Å². The van der Waals surface area contributed by atoms with Crippen LogP contribution in [0.4, 0.5) is 0 Å². The zero-order valence-electron chi connectivity index (χ0n) is 19.5. The summed E-state index contributed by atoms with van der Waals surface area (Å²) in [6, 6.07) is 22.1. The molecule has 0 aliphatic heterocycles. The first-order valence-corrected chi connectivity index (χ1v) is 11.4. The third-order valence-electron chi connectivity index (χ3n) is 5.90. The Kier molecular flexibility index (Phi) is 7.19. The molecule has 0 spiro atoms. The molecule has 34 heavy (non-hydrogen) atoms. The van der Waals surface area contributed by atoms with E-state index in [9.17, 15) is 4.79 Å². The number of hydrogen-bond donors (Lipinski definition) is 1. The lowest BCUT2D eigenvalue weighted by atomic mass is 10.1. The van der Waals surface area contributed by atoms with E-state index in [-0.39, 0.29) is 5.91 Å². The minimum absolute atomic E-state index is 0.0185. The van der Waals surface area contributed by atoms with Crippen LogP contribution < -0.4 is 5.32 Å². The van der Waals surface area contributed by atoms with Crippen LogP contribution in [0.25, 0.3) is 16.9 Å². The molecule has 0 unspecified atom stereocenters. The number of nitrogens with zero attached hydrogens (tertiary/aromatic N) is 5. The van der Waals surface area contributed by atoms with Crippen molar-refractivity contribution in [2.45, 2.75) is 46.2 Å². The van der Waals surface area contributed by atoms with Gasteiger partial charge in [-0.3, -0.25) is 9.48 Å². The Balaban J connectivity index is 1.45. The second-order valence-electron chi connectivity index (χ2n) is 8.21. The van der Waals surface area contributed by atoms with Gasteiger partial charge in [0.1, 0.15) is 0 Å². The van der Waals surface area contributed by atoms with Crippen molar-refractivity contribution in [1.82, 2.24) is 24.9 Å². The number of amides is 1. The van der Waals surface area contributed by atoms with Crippen molar-refractivity contribution in [3.8, 4) is 23.0 Å². The molecule has 7 nitrogen and oxygen atoms in total. The Hall–Kier alpha value is -4.18. The second-order valence-corrected chi connectivity index (χ2v) is 8.21. The lowest BCUT2D eigenvalue weighted by Gasteiger charge is -2.07. The van der Waals surface area contributed by atoms with Gasteiger partial charge in [0.15, 0.2) is 0 Å². The predicted molar refractivity (Wildman–Crippen MR) is 131 cm³/mol. The highest BCUT2D eigenvalue weighted by molar-refractivity contribution is 5.76. The van der Waals surface area contributed by atoms with Crippen LogP contribution >= 0.6 is 0 Å². The Morgan fingerprint density at radius 2 is 1.74 bits per heavy atom. The number of rotatable bonds is 9. The van der Waals surface area contributed by atoms with Crippen molar-refractivity contribution in [3.63, 3.8) is 0 Å². The van der Waals surface area contributed by atoms with Crippen molar-refractivity contribution in [1.29, 1.82) is 5.26 Å². The van der Waals surface area contributed by atoms with Crippen molar-refractivity contribution in [3.05, 3.63) is 89.4 Å². The summed E-state index contributed by atoms with van der Waals surface area (Å²) in [6.07, 6.45) is 3.39. The fourth-order valence-corrected chi connectivity index (χ4v) is 4.08. The molecule has 2 aromatic carbocycles. The number of nitriles is 1. The van der Waals surface area contributed by atoms with Crippen LogP contribution in [-0.4, -0.2) is 25.5 Å². The van der Waals surface area contributed by atoms with E-state index >= 15 is 0 Å². The maximum atomic E-state index is 12.7. The molecule has 0 aliphatic carbocycles. The number of aromatic nitrogens is 4. The van der Waals surface area contributed by atoms with E-state index in [0.717, 1.165) is 39.5 Å². The van der Waals surface area contributed by atoms with Crippen molar-refractivity contribution in [2.24, 2.45) is 0 Å². The fourth-order valence-electron chi connectivity index (χ4n) is 4.08. The van der Waals surface area contributed by atoms with Crippen molar-refractivity contribution in [2.75, 3.05) is 0 Å². The third kappa shape index (κ3) is 5.24. The number of aryl methyl sites for hydroxylation is 2. The highest BCUT2D eigenvalue weighted by Crippen LogP contribution is 2.24. The topological polar surface area (TPSA) is 88.5 Å².